The van der Waals surface area contributed by atoms with E-state index in [-0.39, 0.29) is 0 Å². The Labute approximate surface area is 144 Å². The summed E-state index contributed by atoms with van der Waals surface area (Å²) < 4.78 is 2.00. The van der Waals surface area contributed by atoms with Crippen LogP contribution in [0.1, 0.15) is 29.8 Å². The molecular weight excluding hydrogens is 300 g/mol. The van der Waals surface area contributed by atoms with E-state index in [1.54, 1.807) is 0 Å². The molecule has 0 amide bonds. The van der Waals surface area contributed by atoms with Crippen molar-refractivity contribution in [1.29, 1.82) is 0 Å². The van der Waals surface area contributed by atoms with Crippen LogP contribution in [0, 0.1) is 13.8 Å². The van der Waals surface area contributed by atoms with Crippen LogP contribution in [-0.4, -0.2) is 52.1 Å². The molecule has 0 spiro atoms. The van der Waals surface area contributed by atoms with Gasteiger partial charge in [-0.05, 0) is 52.4 Å². The van der Waals surface area contributed by atoms with Crippen LogP contribution in [0.25, 0.3) is 5.69 Å². The fourth-order valence-corrected chi connectivity index (χ4v) is 3.65. The predicted molar refractivity (Wildman–Crippen MR) is 96.4 cm³/mol. The molecule has 1 fully saturated rings. The molecule has 24 heavy (non-hydrogen) atoms. The Morgan fingerprint density at radius 1 is 1.25 bits per heavy atom. The van der Waals surface area contributed by atoms with Crippen LogP contribution in [0.5, 0.6) is 0 Å². The summed E-state index contributed by atoms with van der Waals surface area (Å²) in [4.78, 5) is 2.20. The van der Waals surface area contributed by atoms with Crippen molar-refractivity contribution in [3.63, 3.8) is 0 Å². The van der Waals surface area contributed by atoms with Crippen LogP contribution in [0.2, 0.25) is 0 Å². The van der Waals surface area contributed by atoms with E-state index in [1.165, 1.54) is 5.56 Å². The molecule has 1 aliphatic heterocycles. The van der Waals surface area contributed by atoms with Gasteiger partial charge in [-0.1, -0.05) is 18.2 Å². The lowest BCUT2D eigenvalue weighted by Gasteiger charge is -2.37. The van der Waals surface area contributed by atoms with E-state index in [0.29, 0.717) is 6.54 Å². The highest BCUT2D eigenvalue weighted by molar-refractivity contribution is 5.36. The first-order chi connectivity index (χ1) is 11.5. The summed E-state index contributed by atoms with van der Waals surface area (Å²) in [5.41, 5.74) is 3.86. The molecule has 1 aliphatic rings. The summed E-state index contributed by atoms with van der Waals surface area (Å²) in [5.74, 6) is 0. The van der Waals surface area contributed by atoms with Gasteiger partial charge in [0.15, 0.2) is 0 Å². The summed E-state index contributed by atoms with van der Waals surface area (Å²) in [6.07, 6.45) is 1.92. The maximum atomic E-state index is 10.7. The zero-order chi connectivity index (χ0) is 17.2. The van der Waals surface area contributed by atoms with Gasteiger partial charge in [0.25, 0.3) is 0 Å². The number of hydrogen-bond acceptors (Lipinski definition) is 4. The summed E-state index contributed by atoms with van der Waals surface area (Å²) >= 11 is 0. The van der Waals surface area contributed by atoms with Crippen molar-refractivity contribution in [3.8, 4) is 5.69 Å². The third kappa shape index (κ3) is 3.69. The Hall–Kier alpha value is -1.69. The Balaban J connectivity index is 1.67. The van der Waals surface area contributed by atoms with Gasteiger partial charge in [0.2, 0.25) is 0 Å². The molecule has 1 aromatic carbocycles. The highest BCUT2D eigenvalue weighted by Gasteiger charge is 2.31. The molecule has 5 nitrogen and oxygen atoms in total. The van der Waals surface area contributed by atoms with E-state index in [2.05, 4.69) is 41.4 Å². The maximum Gasteiger partial charge on any atom is 0.0898 e. The van der Waals surface area contributed by atoms with Crippen LogP contribution in [0.4, 0.5) is 0 Å². The molecular formula is C19H28N4O. The number of likely N-dealkylation sites (N-methyl/N-ethyl adjacent to an activating group) is 1. The van der Waals surface area contributed by atoms with Crippen molar-refractivity contribution in [3.05, 3.63) is 47.3 Å². The van der Waals surface area contributed by atoms with Crippen molar-refractivity contribution in [1.82, 2.24) is 20.0 Å². The normalized spacial score (nSPS) is 22.0. The third-order valence-electron chi connectivity index (χ3n) is 4.94. The van der Waals surface area contributed by atoms with Crippen LogP contribution in [0.3, 0.4) is 0 Å². The number of aliphatic hydroxyl groups is 1. The first-order valence-electron chi connectivity index (χ1n) is 8.71. The summed E-state index contributed by atoms with van der Waals surface area (Å²) in [6.45, 7) is 7.31. The maximum absolute atomic E-state index is 10.7. The number of hydrogen-bond donors (Lipinski definition) is 2. The lowest BCUT2D eigenvalue weighted by atomic mass is 9.93. The Morgan fingerprint density at radius 3 is 2.71 bits per heavy atom. The fourth-order valence-electron chi connectivity index (χ4n) is 3.65. The Kier molecular flexibility index (Phi) is 5.04. The van der Waals surface area contributed by atoms with Gasteiger partial charge in [0.05, 0.1) is 17.0 Å². The van der Waals surface area contributed by atoms with E-state index in [1.807, 2.05) is 29.8 Å². The predicted octanol–water partition coefficient (Wildman–Crippen LogP) is 2.04. The molecule has 0 bridgehead atoms. The standard InChI is InChI=1S/C19H28N4O/c1-15-18(12-20-13-19(24)10-7-11-22(3)14-19)16(2)23(21-15)17-8-5-4-6-9-17/h4-6,8-9,20,24H,7,10-14H2,1-3H3/t19-/m1/s1. The lowest BCUT2D eigenvalue weighted by molar-refractivity contribution is -0.0218. The highest BCUT2D eigenvalue weighted by Crippen LogP contribution is 2.21. The molecule has 1 aromatic heterocycles. The van der Waals surface area contributed by atoms with Gasteiger partial charge in [-0.3, -0.25) is 0 Å². The average molecular weight is 328 g/mol. The van der Waals surface area contributed by atoms with Crippen molar-refractivity contribution >= 4 is 0 Å². The molecule has 0 saturated carbocycles. The molecule has 0 aliphatic carbocycles. The van der Waals surface area contributed by atoms with E-state index in [9.17, 15) is 5.11 Å². The summed E-state index contributed by atoms with van der Waals surface area (Å²) in [7, 11) is 2.07. The minimum absolute atomic E-state index is 0.618. The van der Waals surface area contributed by atoms with E-state index in [4.69, 9.17) is 0 Å². The molecule has 2 aromatic rings. The summed E-state index contributed by atoms with van der Waals surface area (Å²) in [5, 5.41) is 18.8. The van der Waals surface area contributed by atoms with Crippen LogP contribution in [-0.2, 0) is 6.54 Å². The second kappa shape index (κ2) is 7.05. The van der Waals surface area contributed by atoms with Gasteiger partial charge in [0, 0.05) is 30.9 Å². The molecule has 0 radical (unpaired) electrons. The number of β-amino-alcohol motifs (C(OH)–C–C–N with tert-alkyl or cyclic N) is 1. The van der Waals surface area contributed by atoms with Crippen LogP contribution in [0.15, 0.2) is 30.3 Å². The SMILES string of the molecule is Cc1nn(-c2ccccc2)c(C)c1CNC[C@]1(O)CCCN(C)C1. The second-order valence-electron chi connectivity index (χ2n) is 7.07. The lowest BCUT2D eigenvalue weighted by Crippen LogP contribution is -2.52. The fraction of sp³-hybridized carbons (Fsp3) is 0.526. The molecule has 0 unspecified atom stereocenters. The van der Waals surface area contributed by atoms with Gasteiger partial charge in [-0.2, -0.15) is 5.10 Å². The van der Waals surface area contributed by atoms with Crippen molar-refractivity contribution in [2.75, 3.05) is 26.7 Å². The number of benzene rings is 1. The summed E-state index contributed by atoms with van der Waals surface area (Å²) in [6, 6.07) is 10.2. The molecule has 1 saturated heterocycles. The van der Waals surface area contributed by atoms with Gasteiger partial charge in [-0.15, -0.1) is 0 Å². The topological polar surface area (TPSA) is 53.3 Å². The zero-order valence-corrected chi connectivity index (χ0v) is 14.9. The van der Waals surface area contributed by atoms with Gasteiger partial charge in [0.1, 0.15) is 0 Å². The molecule has 2 heterocycles. The number of nitrogens with one attached hydrogen (secondary N) is 1. The second-order valence-corrected chi connectivity index (χ2v) is 7.07. The van der Waals surface area contributed by atoms with E-state index < -0.39 is 5.60 Å². The Morgan fingerprint density at radius 2 is 2.00 bits per heavy atom. The van der Waals surface area contributed by atoms with Crippen LogP contribution >= 0.6 is 0 Å². The van der Waals surface area contributed by atoms with Gasteiger partial charge < -0.3 is 15.3 Å². The number of piperidine rings is 1. The average Bonchev–Trinajstić information content (AvgIpc) is 2.83. The smallest absolute Gasteiger partial charge is 0.0898 e. The molecule has 1 atom stereocenters. The quantitative estimate of drug-likeness (QED) is 0.882. The van der Waals surface area contributed by atoms with Crippen LogP contribution < -0.4 is 5.32 Å². The number of para-hydroxylation sites is 1. The number of likely N-dealkylation sites (tertiary alicyclic amines) is 1. The number of rotatable bonds is 5. The van der Waals surface area contributed by atoms with Crippen molar-refractivity contribution in [2.45, 2.75) is 38.8 Å². The zero-order valence-electron chi connectivity index (χ0n) is 14.9. The van der Waals surface area contributed by atoms with Crippen molar-refractivity contribution < 1.29 is 5.11 Å². The number of aromatic nitrogens is 2. The monoisotopic (exact) mass is 328 g/mol. The molecule has 3 rings (SSSR count). The number of nitrogens with zero attached hydrogens (tertiary/aromatic N) is 3. The molecule has 2 N–H and O–H groups in total. The number of aryl methyl sites for hydroxylation is 1. The first-order valence-corrected chi connectivity index (χ1v) is 8.71. The molecule has 5 heteroatoms. The highest BCUT2D eigenvalue weighted by atomic mass is 16.3. The van der Waals surface area contributed by atoms with Gasteiger partial charge >= 0.3 is 0 Å². The minimum Gasteiger partial charge on any atom is -0.387 e. The third-order valence-corrected chi connectivity index (χ3v) is 4.94. The Bertz CT molecular complexity index is 682. The van der Waals surface area contributed by atoms with Crippen molar-refractivity contribution in [2.24, 2.45) is 0 Å². The minimum atomic E-state index is -0.621. The first kappa shape index (κ1) is 17.1. The van der Waals surface area contributed by atoms with Gasteiger partial charge in [-0.25, -0.2) is 4.68 Å². The molecule has 130 valence electrons. The van der Waals surface area contributed by atoms with E-state index >= 15 is 0 Å². The van der Waals surface area contributed by atoms with E-state index in [0.717, 1.165) is 49.6 Å². The largest absolute Gasteiger partial charge is 0.387 e.